The van der Waals surface area contributed by atoms with E-state index in [0.717, 1.165) is 13.0 Å². The molecule has 0 saturated heterocycles. The number of benzene rings is 2. The standard InChI is InChI=1S/C21H25N/c1-21(2,3)15-7-5-6-10-17-11-8-14-20-18(16-22-4)12-9-13-19(17)20/h5-6,8-9,11-14,22H,10,16H2,1-4H3. The lowest BCUT2D eigenvalue weighted by atomic mass is 9.97. The molecular formula is C21H25N. The van der Waals surface area contributed by atoms with Crippen LogP contribution in [-0.4, -0.2) is 7.05 Å². The first-order valence-corrected chi connectivity index (χ1v) is 7.83. The summed E-state index contributed by atoms with van der Waals surface area (Å²) in [6.07, 6.45) is 5.04. The minimum Gasteiger partial charge on any atom is -0.316 e. The summed E-state index contributed by atoms with van der Waals surface area (Å²) in [4.78, 5) is 0. The van der Waals surface area contributed by atoms with E-state index in [9.17, 15) is 0 Å². The highest BCUT2D eigenvalue weighted by Gasteiger charge is 2.04. The Morgan fingerprint density at radius 1 is 1.00 bits per heavy atom. The molecule has 0 fully saturated rings. The summed E-state index contributed by atoms with van der Waals surface area (Å²) >= 11 is 0. The molecule has 0 radical (unpaired) electrons. The van der Waals surface area contributed by atoms with Crippen molar-refractivity contribution in [3.8, 4) is 11.8 Å². The second-order valence-corrected chi connectivity index (χ2v) is 6.59. The maximum atomic E-state index is 3.24. The zero-order valence-corrected chi connectivity index (χ0v) is 14.0. The summed E-state index contributed by atoms with van der Waals surface area (Å²) in [6, 6.07) is 13.1. The first-order chi connectivity index (χ1) is 10.5. The summed E-state index contributed by atoms with van der Waals surface area (Å²) in [5.41, 5.74) is 2.76. The van der Waals surface area contributed by atoms with Crippen LogP contribution < -0.4 is 5.32 Å². The molecule has 0 aliphatic carbocycles. The molecule has 0 atom stereocenters. The van der Waals surface area contributed by atoms with Crippen LogP contribution in [0.15, 0.2) is 48.6 Å². The molecule has 0 saturated carbocycles. The van der Waals surface area contributed by atoms with Crippen molar-refractivity contribution in [2.75, 3.05) is 7.05 Å². The summed E-state index contributed by atoms with van der Waals surface area (Å²) < 4.78 is 0. The largest absolute Gasteiger partial charge is 0.316 e. The summed E-state index contributed by atoms with van der Waals surface area (Å²) in [5, 5.41) is 5.91. The van der Waals surface area contributed by atoms with E-state index < -0.39 is 0 Å². The number of fused-ring (bicyclic) bond motifs is 1. The van der Waals surface area contributed by atoms with Gasteiger partial charge in [-0.05, 0) is 62.2 Å². The van der Waals surface area contributed by atoms with E-state index in [1.165, 1.54) is 21.9 Å². The zero-order chi connectivity index (χ0) is 16.0. The van der Waals surface area contributed by atoms with E-state index in [0.29, 0.717) is 0 Å². The van der Waals surface area contributed by atoms with Gasteiger partial charge >= 0.3 is 0 Å². The van der Waals surface area contributed by atoms with Crippen LogP contribution in [0.1, 0.15) is 31.9 Å². The Balaban J connectivity index is 2.23. The third-order valence-electron chi connectivity index (χ3n) is 3.46. The Morgan fingerprint density at radius 3 is 2.27 bits per heavy atom. The van der Waals surface area contributed by atoms with Gasteiger partial charge in [0.1, 0.15) is 0 Å². The molecule has 2 aromatic carbocycles. The van der Waals surface area contributed by atoms with E-state index >= 15 is 0 Å². The molecule has 0 unspecified atom stereocenters. The fourth-order valence-electron chi connectivity index (χ4n) is 2.47. The molecule has 0 amide bonds. The zero-order valence-electron chi connectivity index (χ0n) is 14.0. The molecule has 0 aromatic heterocycles. The topological polar surface area (TPSA) is 12.0 Å². The van der Waals surface area contributed by atoms with Gasteiger partial charge in [0.25, 0.3) is 0 Å². The van der Waals surface area contributed by atoms with Gasteiger partial charge in [-0.1, -0.05) is 54.3 Å². The average molecular weight is 291 g/mol. The lowest BCUT2D eigenvalue weighted by Gasteiger charge is -2.09. The summed E-state index contributed by atoms with van der Waals surface area (Å²) in [5.74, 6) is 6.36. The van der Waals surface area contributed by atoms with Crippen molar-refractivity contribution in [2.45, 2.75) is 33.7 Å². The van der Waals surface area contributed by atoms with Crippen LogP contribution in [0.3, 0.4) is 0 Å². The molecule has 0 spiro atoms. The number of allylic oxidation sites excluding steroid dienone is 2. The van der Waals surface area contributed by atoms with Gasteiger partial charge < -0.3 is 5.32 Å². The predicted octanol–water partition coefficient (Wildman–Crippen LogP) is 4.71. The van der Waals surface area contributed by atoms with Crippen molar-refractivity contribution in [3.05, 3.63) is 59.7 Å². The van der Waals surface area contributed by atoms with Crippen LogP contribution in [0.5, 0.6) is 0 Å². The van der Waals surface area contributed by atoms with Crippen molar-refractivity contribution >= 4 is 10.8 Å². The van der Waals surface area contributed by atoms with Gasteiger partial charge in [0, 0.05) is 12.0 Å². The first-order valence-electron chi connectivity index (χ1n) is 7.83. The highest BCUT2D eigenvalue weighted by molar-refractivity contribution is 5.88. The van der Waals surface area contributed by atoms with Gasteiger partial charge in [-0.2, -0.15) is 0 Å². The molecule has 2 aromatic rings. The van der Waals surface area contributed by atoms with Crippen molar-refractivity contribution in [2.24, 2.45) is 5.41 Å². The Labute approximate surface area is 134 Å². The molecule has 0 heterocycles. The number of nitrogens with one attached hydrogen (secondary N) is 1. The Morgan fingerprint density at radius 2 is 1.64 bits per heavy atom. The van der Waals surface area contributed by atoms with E-state index in [-0.39, 0.29) is 5.41 Å². The van der Waals surface area contributed by atoms with Gasteiger partial charge in [-0.3, -0.25) is 0 Å². The number of rotatable bonds is 4. The molecule has 0 aliphatic rings. The van der Waals surface area contributed by atoms with Crippen molar-refractivity contribution < 1.29 is 0 Å². The highest BCUT2D eigenvalue weighted by Crippen LogP contribution is 2.23. The van der Waals surface area contributed by atoms with Crippen molar-refractivity contribution in [1.29, 1.82) is 0 Å². The van der Waals surface area contributed by atoms with E-state index in [2.05, 4.69) is 80.4 Å². The first kappa shape index (κ1) is 16.3. The number of hydrogen-bond donors (Lipinski definition) is 1. The highest BCUT2D eigenvalue weighted by atomic mass is 14.8. The fraction of sp³-hybridized carbons (Fsp3) is 0.333. The molecule has 114 valence electrons. The Bertz CT molecular complexity index is 721. The molecular weight excluding hydrogens is 266 g/mol. The molecule has 0 aliphatic heterocycles. The van der Waals surface area contributed by atoms with Gasteiger partial charge in [0.15, 0.2) is 0 Å². The predicted molar refractivity (Wildman–Crippen MR) is 96.8 cm³/mol. The van der Waals surface area contributed by atoms with Crippen molar-refractivity contribution in [3.63, 3.8) is 0 Å². The summed E-state index contributed by atoms with van der Waals surface area (Å²) in [6.45, 7) is 7.28. The second kappa shape index (κ2) is 7.29. The van der Waals surface area contributed by atoms with Crippen molar-refractivity contribution in [1.82, 2.24) is 5.32 Å². The van der Waals surface area contributed by atoms with E-state index in [1.54, 1.807) is 0 Å². The minimum absolute atomic E-state index is 0.0613. The monoisotopic (exact) mass is 291 g/mol. The number of hydrogen-bond acceptors (Lipinski definition) is 1. The Kier molecular flexibility index (Phi) is 5.41. The molecule has 1 heteroatoms. The fourth-order valence-corrected chi connectivity index (χ4v) is 2.47. The maximum Gasteiger partial charge on any atom is 0.0233 e. The lowest BCUT2D eigenvalue weighted by Crippen LogP contribution is -2.05. The van der Waals surface area contributed by atoms with E-state index in [1.807, 2.05) is 13.1 Å². The van der Waals surface area contributed by atoms with Gasteiger partial charge in [-0.15, -0.1) is 0 Å². The smallest absolute Gasteiger partial charge is 0.0233 e. The normalized spacial score (nSPS) is 11.6. The molecule has 2 rings (SSSR count). The van der Waals surface area contributed by atoms with Gasteiger partial charge in [0.2, 0.25) is 0 Å². The molecule has 0 bridgehead atoms. The minimum atomic E-state index is 0.0613. The summed E-state index contributed by atoms with van der Waals surface area (Å²) in [7, 11) is 1.99. The second-order valence-electron chi connectivity index (χ2n) is 6.59. The van der Waals surface area contributed by atoms with Gasteiger partial charge in [-0.25, -0.2) is 0 Å². The molecule has 22 heavy (non-hydrogen) atoms. The van der Waals surface area contributed by atoms with Crippen LogP contribution in [0.25, 0.3) is 10.8 Å². The van der Waals surface area contributed by atoms with E-state index in [4.69, 9.17) is 0 Å². The SMILES string of the molecule is CNCc1cccc2c(CC=CC#CC(C)(C)C)cccc12. The van der Waals surface area contributed by atoms with Gasteiger partial charge in [0.05, 0.1) is 0 Å². The van der Waals surface area contributed by atoms with Crippen LogP contribution in [0.4, 0.5) is 0 Å². The third kappa shape index (κ3) is 4.48. The maximum absolute atomic E-state index is 3.24. The molecule has 1 N–H and O–H groups in total. The lowest BCUT2D eigenvalue weighted by molar-refractivity contribution is 0.571. The van der Waals surface area contributed by atoms with Crippen LogP contribution in [0.2, 0.25) is 0 Å². The third-order valence-corrected chi connectivity index (χ3v) is 3.46. The quantitative estimate of drug-likeness (QED) is 0.805. The van der Waals surface area contributed by atoms with Crippen LogP contribution in [0, 0.1) is 17.3 Å². The van der Waals surface area contributed by atoms with Crippen LogP contribution in [-0.2, 0) is 13.0 Å². The Hall–Kier alpha value is -2.04. The van der Waals surface area contributed by atoms with Crippen LogP contribution >= 0.6 is 0 Å². The molecule has 1 nitrogen and oxygen atoms in total. The average Bonchev–Trinajstić information content (AvgIpc) is 2.47.